The Balaban J connectivity index is 2.01. The summed E-state index contributed by atoms with van der Waals surface area (Å²) in [5, 5.41) is 3.09. The van der Waals surface area contributed by atoms with Crippen molar-refractivity contribution >= 4 is 11.9 Å². The number of likely N-dealkylation sites (tertiary alicyclic amines) is 1. The minimum absolute atomic E-state index is 0.134. The molecule has 0 bridgehead atoms. The highest BCUT2D eigenvalue weighted by Gasteiger charge is 2.23. The molecule has 98 valence electrons. The molecule has 2 rings (SSSR count). The van der Waals surface area contributed by atoms with Crippen LogP contribution in [0, 0.1) is 13.8 Å². The summed E-state index contributed by atoms with van der Waals surface area (Å²) in [7, 11) is 0. The Morgan fingerprint density at radius 2 is 1.83 bits per heavy atom. The Hall–Kier alpha value is -1.65. The zero-order chi connectivity index (χ0) is 13.1. The number of nitrogens with one attached hydrogen (secondary N) is 1. The quantitative estimate of drug-likeness (QED) is 0.881. The van der Waals surface area contributed by atoms with Crippen LogP contribution in [0.4, 0.5) is 5.95 Å². The second kappa shape index (κ2) is 5.33. The Labute approximate surface area is 108 Å². The fourth-order valence-electron chi connectivity index (χ4n) is 2.26. The van der Waals surface area contributed by atoms with Crippen molar-refractivity contribution in [1.82, 2.24) is 14.9 Å². The first-order chi connectivity index (χ1) is 8.56. The fraction of sp³-hybridized carbons (Fsp3) is 0.615. The zero-order valence-electron chi connectivity index (χ0n) is 11.2. The van der Waals surface area contributed by atoms with Gasteiger partial charge in [0.1, 0.15) is 6.04 Å². The van der Waals surface area contributed by atoms with Crippen LogP contribution in [0.25, 0.3) is 0 Å². The van der Waals surface area contributed by atoms with Gasteiger partial charge >= 0.3 is 0 Å². The zero-order valence-corrected chi connectivity index (χ0v) is 11.2. The first kappa shape index (κ1) is 12.8. The maximum atomic E-state index is 12.1. The van der Waals surface area contributed by atoms with Crippen molar-refractivity contribution < 1.29 is 4.79 Å². The maximum absolute atomic E-state index is 12.1. The molecule has 0 aliphatic carbocycles. The topological polar surface area (TPSA) is 58.1 Å². The van der Waals surface area contributed by atoms with E-state index in [9.17, 15) is 4.79 Å². The van der Waals surface area contributed by atoms with E-state index < -0.39 is 0 Å². The second-order valence-electron chi connectivity index (χ2n) is 4.87. The first-order valence-electron chi connectivity index (χ1n) is 6.44. The van der Waals surface area contributed by atoms with Crippen LogP contribution in [0.1, 0.15) is 31.2 Å². The van der Waals surface area contributed by atoms with Crippen LogP contribution >= 0.6 is 0 Å². The average Bonchev–Trinajstić information content (AvgIpc) is 2.79. The molecule has 1 unspecified atom stereocenters. The van der Waals surface area contributed by atoms with E-state index in [1.54, 1.807) is 0 Å². The van der Waals surface area contributed by atoms with Crippen molar-refractivity contribution in [3.63, 3.8) is 0 Å². The van der Waals surface area contributed by atoms with Crippen LogP contribution in [0.15, 0.2) is 6.07 Å². The standard InChI is InChI=1S/C13H20N4O/c1-9-8-10(2)15-13(14-9)16-11(3)12(18)17-6-4-5-7-17/h8,11H,4-7H2,1-3H3,(H,14,15,16). The van der Waals surface area contributed by atoms with Crippen molar-refractivity contribution in [2.45, 2.75) is 39.7 Å². The molecule has 1 aliphatic heterocycles. The van der Waals surface area contributed by atoms with Crippen LogP contribution in [0.5, 0.6) is 0 Å². The summed E-state index contributed by atoms with van der Waals surface area (Å²) in [4.78, 5) is 22.6. The van der Waals surface area contributed by atoms with E-state index >= 15 is 0 Å². The Kier molecular flexibility index (Phi) is 3.79. The van der Waals surface area contributed by atoms with Crippen LogP contribution in [-0.2, 0) is 4.79 Å². The monoisotopic (exact) mass is 248 g/mol. The molecule has 2 heterocycles. The van der Waals surface area contributed by atoms with Crippen molar-refractivity contribution in [3.8, 4) is 0 Å². The van der Waals surface area contributed by atoms with Gasteiger partial charge in [-0.25, -0.2) is 9.97 Å². The summed E-state index contributed by atoms with van der Waals surface area (Å²) in [5.41, 5.74) is 1.82. The molecular weight excluding hydrogens is 228 g/mol. The molecule has 1 aliphatic rings. The molecule has 5 heteroatoms. The fourth-order valence-corrected chi connectivity index (χ4v) is 2.26. The van der Waals surface area contributed by atoms with E-state index in [-0.39, 0.29) is 11.9 Å². The van der Waals surface area contributed by atoms with E-state index in [1.165, 1.54) is 0 Å². The van der Waals surface area contributed by atoms with Crippen LogP contribution in [0.2, 0.25) is 0 Å². The van der Waals surface area contributed by atoms with Gasteiger partial charge in [0.25, 0.3) is 0 Å². The van der Waals surface area contributed by atoms with Gasteiger partial charge in [-0.1, -0.05) is 0 Å². The molecule has 18 heavy (non-hydrogen) atoms. The highest BCUT2D eigenvalue weighted by Crippen LogP contribution is 2.11. The predicted molar refractivity (Wildman–Crippen MR) is 70.4 cm³/mol. The van der Waals surface area contributed by atoms with Gasteiger partial charge in [-0.3, -0.25) is 4.79 Å². The Morgan fingerprint density at radius 3 is 2.39 bits per heavy atom. The van der Waals surface area contributed by atoms with Gasteiger partial charge in [-0.05, 0) is 39.7 Å². The average molecular weight is 248 g/mol. The van der Waals surface area contributed by atoms with Gasteiger partial charge in [-0.15, -0.1) is 0 Å². The van der Waals surface area contributed by atoms with Crippen LogP contribution in [0.3, 0.4) is 0 Å². The van der Waals surface area contributed by atoms with Crippen LogP contribution < -0.4 is 5.32 Å². The van der Waals surface area contributed by atoms with Crippen molar-refractivity contribution in [2.75, 3.05) is 18.4 Å². The summed E-state index contributed by atoms with van der Waals surface area (Å²) in [6.07, 6.45) is 2.22. The van der Waals surface area contributed by atoms with Crippen molar-refractivity contribution in [3.05, 3.63) is 17.5 Å². The Bertz CT molecular complexity index is 420. The molecule has 0 radical (unpaired) electrons. The number of rotatable bonds is 3. The third kappa shape index (κ3) is 2.97. The normalized spacial score (nSPS) is 16.7. The van der Waals surface area contributed by atoms with Gasteiger partial charge in [0, 0.05) is 24.5 Å². The van der Waals surface area contributed by atoms with Crippen LogP contribution in [-0.4, -0.2) is 39.9 Å². The molecule has 1 N–H and O–H groups in total. The minimum atomic E-state index is -0.274. The van der Waals surface area contributed by atoms with E-state index in [2.05, 4.69) is 15.3 Å². The molecule has 0 spiro atoms. The van der Waals surface area contributed by atoms with Gasteiger partial charge in [0.15, 0.2) is 0 Å². The lowest BCUT2D eigenvalue weighted by Gasteiger charge is -2.21. The predicted octanol–water partition coefficient (Wildman–Crippen LogP) is 1.52. The first-order valence-corrected chi connectivity index (χ1v) is 6.44. The summed E-state index contributed by atoms with van der Waals surface area (Å²) >= 11 is 0. The number of carbonyl (C=O) groups is 1. The second-order valence-corrected chi connectivity index (χ2v) is 4.87. The highest BCUT2D eigenvalue weighted by molar-refractivity contribution is 5.84. The molecule has 0 saturated carbocycles. The van der Waals surface area contributed by atoms with Crippen molar-refractivity contribution in [2.24, 2.45) is 0 Å². The third-order valence-electron chi connectivity index (χ3n) is 3.12. The summed E-state index contributed by atoms with van der Waals surface area (Å²) in [6.45, 7) is 7.46. The molecular formula is C13H20N4O. The largest absolute Gasteiger partial charge is 0.343 e. The summed E-state index contributed by atoms with van der Waals surface area (Å²) in [6, 6.07) is 1.64. The molecule has 1 saturated heterocycles. The van der Waals surface area contributed by atoms with Gasteiger partial charge in [0.05, 0.1) is 0 Å². The third-order valence-corrected chi connectivity index (χ3v) is 3.12. The lowest BCUT2D eigenvalue weighted by atomic mass is 10.3. The molecule has 1 aromatic rings. The molecule has 1 amide bonds. The molecule has 5 nitrogen and oxygen atoms in total. The van der Waals surface area contributed by atoms with E-state index in [0.717, 1.165) is 37.3 Å². The molecule has 1 fully saturated rings. The number of aromatic nitrogens is 2. The SMILES string of the molecule is Cc1cc(C)nc(NC(C)C(=O)N2CCCC2)n1. The van der Waals surface area contributed by atoms with Gasteiger partial charge in [-0.2, -0.15) is 0 Å². The smallest absolute Gasteiger partial charge is 0.244 e. The highest BCUT2D eigenvalue weighted by atomic mass is 16.2. The Morgan fingerprint density at radius 1 is 1.28 bits per heavy atom. The van der Waals surface area contributed by atoms with E-state index in [1.807, 2.05) is 31.7 Å². The number of hydrogen-bond acceptors (Lipinski definition) is 4. The summed E-state index contributed by atoms with van der Waals surface area (Å²) < 4.78 is 0. The molecule has 0 aromatic carbocycles. The number of carbonyl (C=O) groups excluding carboxylic acids is 1. The lowest BCUT2D eigenvalue weighted by Crippen LogP contribution is -2.40. The number of amides is 1. The maximum Gasteiger partial charge on any atom is 0.244 e. The molecule has 1 aromatic heterocycles. The summed E-state index contributed by atoms with van der Waals surface area (Å²) in [5.74, 6) is 0.669. The number of nitrogens with zero attached hydrogens (tertiary/aromatic N) is 3. The van der Waals surface area contributed by atoms with Crippen molar-refractivity contribution in [1.29, 1.82) is 0 Å². The molecule has 1 atom stereocenters. The van der Waals surface area contributed by atoms with E-state index in [4.69, 9.17) is 0 Å². The van der Waals surface area contributed by atoms with Gasteiger partial charge < -0.3 is 10.2 Å². The van der Waals surface area contributed by atoms with Gasteiger partial charge in [0.2, 0.25) is 11.9 Å². The number of anilines is 1. The minimum Gasteiger partial charge on any atom is -0.343 e. The van der Waals surface area contributed by atoms with E-state index in [0.29, 0.717) is 5.95 Å². The lowest BCUT2D eigenvalue weighted by molar-refractivity contribution is -0.130. The number of aryl methyl sites for hydroxylation is 2. The number of hydrogen-bond donors (Lipinski definition) is 1.